The monoisotopic (exact) mass is 359 g/mol. The first kappa shape index (κ1) is 19.7. The van der Waals surface area contributed by atoms with Crippen molar-refractivity contribution in [1.29, 1.82) is 0 Å². The molecule has 6 nitrogen and oxygen atoms in total. The first-order chi connectivity index (χ1) is 12.3. The van der Waals surface area contributed by atoms with Crippen LogP contribution in [0.25, 0.3) is 0 Å². The van der Waals surface area contributed by atoms with Crippen molar-refractivity contribution in [3.05, 3.63) is 63.2 Å². The predicted molar refractivity (Wildman–Crippen MR) is 98.3 cm³/mol. The molecule has 0 aliphatic heterocycles. The fourth-order valence-corrected chi connectivity index (χ4v) is 2.63. The van der Waals surface area contributed by atoms with Crippen molar-refractivity contribution in [1.82, 2.24) is 5.32 Å². The molecule has 1 atom stereocenters. The SMILES string of the molecule is Cc1cc(CCC(C)C)oc(=O)c1C(=O)NCC(O)c1cccc(O)c1. The molecule has 0 bridgehead atoms. The average Bonchev–Trinajstić information content (AvgIpc) is 2.57. The number of aromatic hydroxyl groups is 1. The van der Waals surface area contributed by atoms with E-state index >= 15 is 0 Å². The number of phenolic OH excluding ortho intramolecular Hbond substituents is 1. The predicted octanol–water partition coefficient (Wildman–Crippen LogP) is 2.71. The lowest BCUT2D eigenvalue weighted by molar-refractivity contribution is 0.0911. The van der Waals surface area contributed by atoms with Gasteiger partial charge in [-0.05, 0) is 48.6 Å². The summed E-state index contributed by atoms with van der Waals surface area (Å²) in [5.74, 6) is 0.493. The lowest BCUT2D eigenvalue weighted by Crippen LogP contribution is -2.32. The molecule has 26 heavy (non-hydrogen) atoms. The van der Waals surface area contributed by atoms with Crippen LogP contribution in [-0.4, -0.2) is 22.7 Å². The molecule has 1 aromatic heterocycles. The van der Waals surface area contributed by atoms with Crippen LogP contribution in [0.1, 0.15) is 53.6 Å². The third-order valence-electron chi connectivity index (χ3n) is 4.11. The van der Waals surface area contributed by atoms with Gasteiger partial charge in [-0.3, -0.25) is 4.79 Å². The number of aryl methyl sites for hydroxylation is 2. The van der Waals surface area contributed by atoms with E-state index in [2.05, 4.69) is 19.2 Å². The summed E-state index contributed by atoms with van der Waals surface area (Å²) < 4.78 is 5.26. The molecule has 0 spiro atoms. The summed E-state index contributed by atoms with van der Waals surface area (Å²) in [4.78, 5) is 24.5. The van der Waals surface area contributed by atoms with E-state index in [4.69, 9.17) is 4.42 Å². The lowest BCUT2D eigenvalue weighted by Gasteiger charge is -2.13. The number of hydrogen-bond donors (Lipinski definition) is 3. The quantitative estimate of drug-likeness (QED) is 0.706. The number of carbonyl (C=O) groups excluding carboxylic acids is 1. The molecule has 0 aliphatic carbocycles. The van der Waals surface area contributed by atoms with Crippen molar-refractivity contribution < 1.29 is 19.4 Å². The van der Waals surface area contributed by atoms with Gasteiger partial charge in [0, 0.05) is 13.0 Å². The highest BCUT2D eigenvalue weighted by atomic mass is 16.4. The minimum atomic E-state index is -0.997. The summed E-state index contributed by atoms with van der Waals surface area (Å²) >= 11 is 0. The van der Waals surface area contributed by atoms with Crippen molar-refractivity contribution in [3.8, 4) is 5.75 Å². The minimum absolute atomic E-state index is 0.0290. The number of nitrogens with one attached hydrogen (secondary N) is 1. The number of benzene rings is 1. The Morgan fingerprint density at radius 2 is 2.00 bits per heavy atom. The van der Waals surface area contributed by atoms with Crippen molar-refractivity contribution in [2.45, 2.75) is 39.7 Å². The fourth-order valence-electron chi connectivity index (χ4n) is 2.63. The van der Waals surface area contributed by atoms with Gasteiger partial charge in [0.1, 0.15) is 17.1 Å². The highest BCUT2D eigenvalue weighted by Crippen LogP contribution is 2.18. The molecule has 0 fully saturated rings. The zero-order chi connectivity index (χ0) is 19.3. The molecule has 1 unspecified atom stereocenters. The third kappa shape index (κ3) is 5.20. The van der Waals surface area contributed by atoms with Gasteiger partial charge in [0.05, 0.1) is 6.10 Å². The third-order valence-corrected chi connectivity index (χ3v) is 4.11. The molecule has 6 heteroatoms. The molecule has 140 valence electrons. The van der Waals surface area contributed by atoms with E-state index < -0.39 is 17.6 Å². The zero-order valence-corrected chi connectivity index (χ0v) is 15.3. The Morgan fingerprint density at radius 3 is 2.62 bits per heavy atom. The van der Waals surface area contributed by atoms with Gasteiger partial charge in [-0.15, -0.1) is 0 Å². The second kappa shape index (κ2) is 8.67. The molecule has 1 amide bonds. The molecule has 3 N–H and O–H groups in total. The highest BCUT2D eigenvalue weighted by Gasteiger charge is 2.18. The largest absolute Gasteiger partial charge is 0.508 e. The number of amides is 1. The normalized spacial score (nSPS) is 12.2. The Hall–Kier alpha value is -2.60. The molecule has 0 saturated heterocycles. The van der Waals surface area contributed by atoms with Gasteiger partial charge in [0.25, 0.3) is 5.91 Å². The van der Waals surface area contributed by atoms with Crippen molar-refractivity contribution >= 4 is 5.91 Å². The topological polar surface area (TPSA) is 99.8 Å². The second-order valence-corrected chi connectivity index (χ2v) is 6.81. The van der Waals surface area contributed by atoms with Crippen LogP contribution < -0.4 is 10.9 Å². The van der Waals surface area contributed by atoms with Gasteiger partial charge in [0.15, 0.2) is 0 Å². The summed E-state index contributed by atoms with van der Waals surface area (Å²) in [5.41, 5.74) is 0.289. The van der Waals surface area contributed by atoms with Gasteiger partial charge < -0.3 is 19.9 Å². The molecule has 1 heterocycles. The summed E-state index contributed by atoms with van der Waals surface area (Å²) in [6.45, 7) is 5.78. The van der Waals surface area contributed by atoms with Gasteiger partial charge >= 0.3 is 5.63 Å². The van der Waals surface area contributed by atoms with E-state index in [1.807, 2.05) is 0 Å². The molecular formula is C20H25NO5. The van der Waals surface area contributed by atoms with Crippen molar-refractivity contribution in [3.63, 3.8) is 0 Å². The first-order valence-corrected chi connectivity index (χ1v) is 8.66. The highest BCUT2D eigenvalue weighted by molar-refractivity contribution is 5.95. The number of aliphatic hydroxyl groups excluding tert-OH is 1. The van der Waals surface area contributed by atoms with Gasteiger partial charge in [0.2, 0.25) is 0 Å². The Bertz CT molecular complexity index is 825. The Morgan fingerprint density at radius 1 is 1.27 bits per heavy atom. The van der Waals surface area contributed by atoms with E-state index in [1.165, 1.54) is 12.1 Å². The minimum Gasteiger partial charge on any atom is -0.508 e. The summed E-state index contributed by atoms with van der Waals surface area (Å²) in [7, 11) is 0. The number of carbonyl (C=O) groups is 1. The van der Waals surface area contributed by atoms with Crippen LogP contribution >= 0.6 is 0 Å². The van der Waals surface area contributed by atoms with Crippen LogP contribution in [0.3, 0.4) is 0 Å². The Balaban J connectivity index is 2.06. The lowest BCUT2D eigenvalue weighted by atomic mass is 10.0. The maximum absolute atomic E-state index is 12.3. The van der Waals surface area contributed by atoms with Crippen LogP contribution in [0.2, 0.25) is 0 Å². The Kier molecular flexibility index (Phi) is 6.58. The molecule has 2 rings (SSSR count). The molecule has 0 radical (unpaired) electrons. The summed E-state index contributed by atoms with van der Waals surface area (Å²) in [6.07, 6.45) is 0.541. The van der Waals surface area contributed by atoms with Crippen LogP contribution in [0.15, 0.2) is 39.5 Å². The second-order valence-electron chi connectivity index (χ2n) is 6.81. The molecule has 1 aromatic carbocycles. The average molecular weight is 359 g/mol. The summed E-state index contributed by atoms with van der Waals surface area (Å²) in [5, 5.41) is 22.1. The van der Waals surface area contributed by atoms with Crippen LogP contribution in [-0.2, 0) is 6.42 Å². The van der Waals surface area contributed by atoms with E-state index in [-0.39, 0.29) is 17.9 Å². The smallest absolute Gasteiger partial charge is 0.349 e. The van der Waals surface area contributed by atoms with Crippen LogP contribution in [0.5, 0.6) is 5.75 Å². The summed E-state index contributed by atoms with van der Waals surface area (Å²) in [6, 6.07) is 7.86. The van der Waals surface area contributed by atoms with E-state index in [1.54, 1.807) is 25.1 Å². The fraction of sp³-hybridized carbons (Fsp3) is 0.400. The number of aliphatic hydroxyl groups is 1. The maximum atomic E-state index is 12.3. The van der Waals surface area contributed by atoms with Crippen molar-refractivity contribution in [2.24, 2.45) is 5.92 Å². The molecular weight excluding hydrogens is 334 g/mol. The maximum Gasteiger partial charge on any atom is 0.349 e. The van der Waals surface area contributed by atoms with Crippen LogP contribution in [0, 0.1) is 12.8 Å². The van der Waals surface area contributed by atoms with E-state index in [0.29, 0.717) is 29.2 Å². The van der Waals surface area contributed by atoms with E-state index in [0.717, 1.165) is 6.42 Å². The molecule has 2 aromatic rings. The van der Waals surface area contributed by atoms with Gasteiger partial charge in [-0.25, -0.2) is 4.79 Å². The molecule has 0 saturated carbocycles. The number of hydrogen-bond acceptors (Lipinski definition) is 5. The number of rotatable bonds is 7. The van der Waals surface area contributed by atoms with Crippen molar-refractivity contribution in [2.75, 3.05) is 6.54 Å². The van der Waals surface area contributed by atoms with E-state index in [9.17, 15) is 19.8 Å². The van der Waals surface area contributed by atoms with Crippen LogP contribution in [0.4, 0.5) is 0 Å². The number of phenols is 1. The first-order valence-electron chi connectivity index (χ1n) is 8.66. The van der Waals surface area contributed by atoms with Gasteiger partial charge in [-0.1, -0.05) is 26.0 Å². The standard InChI is InChI=1S/C20H25NO5/c1-12(2)7-8-16-9-13(3)18(20(25)26-16)19(24)21-11-17(23)14-5-4-6-15(22)10-14/h4-6,9-10,12,17,22-23H,7-8,11H2,1-3H3,(H,21,24). The zero-order valence-electron chi connectivity index (χ0n) is 15.3. The Labute approximate surface area is 152 Å². The molecule has 0 aliphatic rings. The van der Waals surface area contributed by atoms with Gasteiger partial charge in [-0.2, -0.15) is 0 Å².